The van der Waals surface area contributed by atoms with Crippen molar-refractivity contribution in [2.24, 2.45) is 11.5 Å². The Morgan fingerprint density at radius 2 is 1.41 bits per heavy atom. The maximum absolute atomic E-state index is 13.5. The van der Waals surface area contributed by atoms with Gasteiger partial charge in [-0.25, -0.2) is 0 Å². The van der Waals surface area contributed by atoms with Crippen molar-refractivity contribution in [3.8, 4) is 0 Å². The summed E-state index contributed by atoms with van der Waals surface area (Å²) in [5.41, 5.74) is 13.2. The first-order valence-electron chi connectivity index (χ1n) is 12.9. The Morgan fingerprint density at radius 3 is 2.00 bits per heavy atom. The average molecular weight is 482 g/mol. The molecule has 0 saturated heterocycles. The van der Waals surface area contributed by atoms with Gasteiger partial charge in [0.05, 0.1) is 11.1 Å². The van der Waals surface area contributed by atoms with Gasteiger partial charge in [0.15, 0.2) is 0 Å². The Balaban J connectivity index is 1.90. The van der Waals surface area contributed by atoms with E-state index in [1.54, 1.807) is 0 Å². The second-order valence-corrected chi connectivity index (χ2v) is 9.68. The lowest BCUT2D eigenvalue weighted by molar-refractivity contribution is -0.133. The van der Waals surface area contributed by atoms with Crippen molar-refractivity contribution >= 4 is 39.1 Å². The van der Waals surface area contributed by atoms with E-state index in [1.165, 1.54) is 25.7 Å². The Hall–Kier alpha value is -2.14. The maximum Gasteiger partial charge on any atom is 0.239 e. The van der Waals surface area contributed by atoms with Crippen molar-refractivity contribution < 1.29 is 4.79 Å². The molecule has 184 valence electrons. The summed E-state index contributed by atoms with van der Waals surface area (Å²) in [5.74, 6) is 0.0358. The first-order valence-corrected chi connectivity index (χ1v) is 13.3. The summed E-state index contributed by atoms with van der Waals surface area (Å²) in [6.45, 7) is 4.12. The zero-order valence-corrected chi connectivity index (χ0v) is 21.3. The van der Waals surface area contributed by atoms with E-state index in [4.69, 9.17) is 23.1 Å². The molecule has 0 aliphatic carbocycles. The van der Waals surface area contributed by atoms with Crippen LogP contribution in [0.1, 0.15) is 70.3 Å². The summed E-state index contributed by atoms with van der Waals surface area (Å²) < 4.78 is 0. The fraction of sp³-hybridized carbons (Fsp3) is 0.483. The number of carbonyl (C=O) groups excluding carboxylic acids is 1. The molecule has 0 saturated carbocycles. The van der Waals surface area contributed by atoms with E-state index in [0.717, 1.165) is 64.4 Å². The van der Waals surface area contributed by atoms with Crippen LogP contribution in [0.5, 0.6) is 0 Å². The highest BCUT2D eigenvalue weighted by atomic mass is 35.5. The molecule has 0 fully saturated rings. The largest absolute Gasteiger partial charge is 0.337 e. The lowest BCUT2D eigenvalue weighted by atomic mass is 9.95. The summed E-state index contributed by atoms with van der Waals surface area (Å²) >= 11 is 6.80. The molecule has 3 aromatic carbocycles. The second kappa shape index (κ2) is 13.7. The van der Waals surface area contributed by atoms with Gasteiger partial charge < -0.3 is 16.4 Å². The van der Waals surface area contributed by atoms with Gasteiger partial charge in [-0.3, -0.25) is 4.79 Å². The van der Waals surface area contributed by atoms with Gasteiger partial charge in [-0.05, 0) is 42.1 Å². The lowest BCUT2D eigenvalue weighted by Crippen LogP contribution is -2.44. The van der Waals surface area contributed by atoms with Gasteiger partial charge in [0.25, 0.3) is 0 Å². The number of nitrogens with two attached hydrogens (primary N) is 2. The molecule has 0 aliphatic rings. The summed E-state index contributed by atoms with van der Waals surface area (Å²) in [6, 6.07) is 16.0. The molecule has 1 amide bonds. The molecule has 1 atom stereocenters. The second-order valence-electron chi connectivity index (χ2n) is 9.30. The van der Waals surface area contributed by atoms with E-state index in [-0.39, 0.29) is 5.91 Å². The molecule has 34 heavy (non-hydrogen) atoms. The number of fused-ring (bicyclic) bond motifs is 2. The lowest BCUT2D eigenvalue weighted by Gasteiger charge is -2.27. The number of carbonyl (C=O) groups is 1. The van der Waals surface area contributed by atoms with Gasteiger partial charge in [0, 0.05) is 23.9 Å². The molecular weight excluding hydrogens is 442 g/mol. The number of unbranched alkanes of at least 4 members (excludes halogenated alkanes) is 6. The van der Waals surface area contributed by atoms with Crippen LogP contribution >= 0.6 is 11.6 Å². The average Bonchev–Trinajstić information content (AvgIpc) is 2.87. The van der Waals surface area contributed by atoms with Gasteiger partial charge in [0.1, 0.15) is 0 Å². The molecule has 0 aromatic heterocycles. The molecule has 4 N–H and O–H groups in total. The van der Waals surface area contributed by atoms with Gasteiger partial charge >= 0.3 is 0 Å². The third-order valence-electron chi connectivity index (χ3n) is 6.71. The number of hydrogen-bond acceptors (Lipinski definition) is 3. The number of halogens is 1. The summed E-state index contributed by atoms with van der Waals surface area (Å²) in [4.78, 5) is 15.5. The Labute approximate surface area is 209 Å². The van der Waals surface area contributed by atoms with Gasteiger partial charge in [0.2, 0.25) is 5.91 Å². The highest BCUT2D eigenvalue weighted by molar-refractivity contribution is 6.41. The third-order valence-corrected chi connectivity index (χ3v) is 7.11. The minimum atomic E-state index is -0.489. The SMILES string of the molecule is CCCCCCCCN(Cc1c2ccccc2c(Cl)c2ccccc12)C(=O)[C@@H](N)CCCCN. The van der Waals surface area contributed by atoms with E-state index in [2.05, 4.69) is 31.2 Å². The van der Waals surface area contributed by atoms with Gasteiger partial charge in [-0.2, -0.15) is 0 Å². The minimum Gasteiger partial charge on any atom is -0.337 e. The van der Waals surface area contributed by atoms with Crippen LogP contribution in [0, 0.1) is 0 Å². The highest BCUT2D eigenvalue weighted by Gasteiger charge is 2.23. The molecule has 3 rings (SSSR count). The van der Waals surface area contributed by atoms with E-state index >= 15 is 0 Å². The van der Waals surface area contributed by atoms with Crippen LogP contribution in [0.3, 0.4) is 0 Å². The molecule has 3 aromatic rings. The van der Waals surface area contributed by atoms with Crippen LogP contribution in [-0.4, -0.2) is 29.9 Å². The van der Waals surface area contributed by atoms with E-state index < -0.39 is 6.04 Å². The summed E-state index contributed by atoms with van der Waals surface area (Å²) in [6.07, 6.45) is 9.55. The molecule has 0 unspecified atom stereocenters. The zero-order chi connectivity index (χ0) is 24.3. The van der Waals surface area contributed by atoms with Crippen molar-refractivity contribution in [3.63, 3.8) is 0 Å². The van der Waals surface area contributed by atoms with E-state index in [1.807, 2.05) is 29.2 Å². The number of amides is 1. The number of benzene rings is 3. The molecule has 0 heterocycles. The number of rotatable bonds is 14. The van der Waals surface area contributed by atoms with Crippen molar-refractivity contribution in [1.29, 1.82) is 0 Å². The summed E-state index contributed by atoms with van der Waals surface area (Å²) in [5, 5.41) is 5.02. The smallest absolute Gasteiger partial charge is 0.239 e. The van der Waals surface area contributed by atoms with Crippen LogP contribution in [0.25, 0.3) is 21.5 Å². The normalized spacial score (nSPS) is 12.4. The number of nitrogens with zero attached hydrogens (tertiary/aromatic N) is 1. The van der Waals surface area contributed by atoms with Gasteiger partial charge in [-0.1, -0.05) is 106 Å². The van der Waals surface area contributed by atoms with E-state index in [9.17, 15) is 4.79 Å². The predicted octanol–water partition coefficient (Wildman–Crippen LogP) is 6.79. The standard InChI is InChI=1S/C29H40ClN3O/c1-2-3-4-5-6-13-20-33(29(34)27(32)18-11-12-19-31)21-26-22-14-7-9-16-24(22)28(30)25-17-10-8-15-23(25)26/h7-10,14-17,27H,2-6,11-13,18-21,31-32H2,1H3/t27-/m0/s1. The van der Waals surface area contributed by atoms with Crippen molar-refractivity contribution in [2.45, 2.75) is 77.3 Å². The van der Waals surface area contributed by atoms with Crippen LogP contribution in [0.2, 0.25) is 5.02 Å². The molecule has 0 aliphatic heterocycles. The van der Waals surface area contributed by atoms with Crippen LogP contribution in [0.4, 0.5) is 0 Å². The third kappa shape index (κ3) is 6.71. The minimum absolute atomic E-state index is 0.0358. The summed E-state index contributed by atoms with van der Waals surface area (Å²) in [7, 11) is 0. The first kappa shape index (κ1) is 26.5. The zero-order valence-electron chi connectivity index (χ0n) is 20.6. The van der Waals surface area contributed by atoms with Crippen LogP contribution in [-0.2, 0) is 11.3 Å². The fourth-order valence-electron chi connectivity index (χ4n) is 4.74. The van der Waals surface area contributed by atoms with Crippen molar-refractivity contribution in [1.82, 2.24) is 4.90 Å². The molecule has 4 nitrogen and oxygen atoms in total. The van der Waals surface area contributed by atoms with E-state index in [0.29, 0.717) is 19.5 Å². The molecule has 5 heteroatoms. The van der Waals surface area contributed by atoms with Crippen LogP contribution < -0.4 is 11.5 Å². The highest BCUT2D eigenvalue weighted by Crippen LogP contribution is 2.36. The maximum atomic E-state index is 13.5. The molecular formula is C29H40ClN3O. The topological polar surface area (TPSA) is 72.3 Å². The van der Waals surface area contributed by atoms with Crippen molar-refractivity contribution in [3.05, 3.63) is 59.1 Å². The Morgan fingerprint density at radius 1 is 0.853 bits per heavy atom. The quantitative estimate of drug-likeness (QED) is 0.196. The fourth-order valence-corrected chi connectivity index (χ4v) is 5.07. The number of hydrogen-bond donors (Lipinski definition) is 2. The first-order chi connectivity index (χ1) is 16.6. The van der Waals surface area contributed by atoms with Crippen molar-refractivity contribution in [2.75, 3.05) is 13.1 Å². The Bertz CT molecular complexity index is 1010. The monoisotopic (exact) mass is 481 g/mol. The predicted molar refractivity (Wildman–Crippen MR) is 146 cm³/mol. The molecule has 0 spiro atoms. The van der Waals surface area contributed by atoms with Gasteiger partial charge in [-0.15, -0.1) is 0 Å². The molecule has 0 bridgehead atoms. The molecule has 0 radical (unpaired) electrons. The van der Waals surface area contributed by atoms with Crippen LogP contribution in [0.15, 0.2) is 48.5 Å². The Kier molecular flexibility index (Phi) is 10.6.